The zero-order valence-electron chi connectivity index (χ0n) is 24.4. The Morgan fingerprint density at radius 1 is 0.864 bits per heavy atom. The average molecular weight is 863 g/mol. The minimum Gasteiger partial charge on any atom is -0.506 e. The van der Waals surface area contributed by atoms with Crippen LogP contribution in [0.4, 0.5) is 5.69 Å². The van der Waals surface area contributed by atoms with Gasteiger partial charge in [-0.05, 0) is 136 Å². The third-order valence-corrected chi connectivity index (χ3v) is 8.90. The first kappa shape index (κ1) is 35.9. The molecular formula is C31H33Br4N3O6. The van der Waals surface area contributed by atoms with Crippen molar-refractivity contribution in [2.24, 2.45) is 0 Å². The number of nitrogens with one attached hydrogen (secondary N) is 2. The lowest BCUT2D eigenvalue weighted by molar-refractivity contribution is -0.125. The Bertz CT molecular complexity index is 1440. The Hall–Kier alpha value is -2.61. The zero-order chi connectivity index (χ0) is 32.4. The predicted octanol–water partition coefficient (Wildman–Crippen LogP) is 6.68. The molecule has 0 saturated heterocycles. The molecular weight excluding hydrogens is 830 g/mol. The molecule has 0 aliphatic rings. The Morgan fingerprint density at radius 3 is 2.00 bits per heavy atom. The fourth-order valence-electron chi connectivity index (χ4n) is 4.47. The molecule has 3 rings (SSSR count). The lowest BCUT2D eigenvalue weighted by atomic mass is 10.0. The van der Waals surface area contributed by atoms with Crippen LogP contribution in [0.5, 0.6) is 17.2 Å². The normalized spacial score (nSPS) is 11.4. The third-order valence-electron chi connectivity index (χ3n) is 6.51. The number of halogens is 4. The van der Waals surface area contributed by atoms with Crippen LogP contribution in [0.15, 0.2) is 66.4 Å². The Kier molecular flexibility index (Phi) is 14.0. The summed E-state index contributed by atoms with van der Waals surface area (Å²) in [6.07, 6.45) is 1.38. The quantitative estimate of drug-likeness (QED) is 0.156. The summed E-state index contributed by atoms with van der Waals surface area (Å²) in [5.74, 6) is 0.624. The third kappa shape index (κ3) is 10.2. The van der Waals surface area contributed by atoms with E-state index in [0.29, 0.717) is 67.6 Å². The highest BCUT2D eigenvalue weighted by molar-refractivity contribution is 9.11. The fraction of sp³-hybridized carbons (Fsp3) is 0.323. The molecule has 0 aromatic heterocycles. The van der Waals surface area contributed by atoms with Gasteiger partial charge in [0, 0.05) is 39.0 Å². The molecule has 0 aliphatic carbocycles. The molecule has 44 heavy (non-hydrogen) atoms. The first-order valence-electron chi connectivity index (χ1n) is 13.6. The summed E-state index contributed by atoms with van der Waals surface area (Å²) in [4.78, 5) is 39.4. The molecule has 9 nitrogen and oxygen atoms in total. The Morgan fingerprint density at radius 2 is 1.45 bits per heavy atom. The number of phenolic OH excluding ortho intramolecular Hbond substituents is 1. The minimum atomic E-state index is -0.873. The second kappa shape index (κ2) is 17.2. The van der Waals surface area contributed by atoms with Crippen molar-refractivity contribution in [2.45, 2.75) is 39.2 Å². The molecule has 3 aromatic rings. The van der Waals surface area contributed by atoms with E-state index in [9.17, 15) is 19.5 Å². The fourth-order valence-corrected chi connectivity index (χ4v) is 7.36. The van der Waals surface area contributed by atoms with Gasteiger partial charge in [-0.3, -0.25) is 19.3 Å². The molecule has 0 unspecified atom stereocenters. The van der Waals surface area contributed by atoms with Crippen LogP contribution in [0.25, 0.3) is 0 Å². The van der Waals surface area contributed by atoms with E-state index >= 15 is 0 Å². The summed E-state index contributed by atoms with van der Waals surface area (Å²) in [7, 11) is 1.57. The monoisotopic (exact) mass is 859 g/mol. The van der Waals surface area contributed by atoms with Gasteiger partial charge in [-0.2, -0.15) is 0 Å². The van der Waals surface area contributed by atoms with Crippen molar-refractivity contribution >= 4 is 87.1 Å². The Labute approximate surface area is 290 Å². The number of hydrogen-bond acceptors (Lipinski definition) is 6. The molecule has 13 heteroatoms. The largest absolute Gasteiger partial charge is 0.506 e. The first-order chi connectivity index (χ1) is 20.9. The summed E-state index contributed by atoms with van der Waals surface area (Å²) in [5.41, 5.74) is 2.25. The number of amides is 3. The van der Waals surface area contributed by atoms with E-state index in [1.165, 1.54) is 18.7 Å². The highest BCUT2D eigenvalue weighted by Gasteiger charge is 2.30. The molecule has 0 aliphatic heterocycles. The van der Waals surface area contributed by atoms with Crippen molar-refractivity contribution in [1.29, 1.82) is 0 Å². The summed E-state index contributed by atoms with van der Waals surface area (Å²) in [5, 5.41) is 15.7. The number of nitrogens with zero attached hydrogens (tertiary/aromatic N) is 1. The van der Waals surface area contributed by atoms with Gasteiger partial charge in [0.2, 0.25) is 17.7 Å². The molecule has 0 saturated carbocycles. The van der Waals surface area contributed by atoms with Crippen molar-refractivity contribution < 1.29 is 29.0 Å². The standard InChI is InChI=1S/C31H33Br4N3O6/c1-18(39)36-10-4-12-44-23-7-5-22(6-8-23)38(19(2)40)28(17-21-15-26(34)30(43-3)27(35)16-21)31(42)37-11-9-20-13-24(32)29(41)25(33)14-20/h5-8,13-16,28,41H,4,9-12,17H2,1-3H3,(H,36,39)(H,37,42)/t28-/m1/s1. The van der Waals surface area contributed by atoms with Crippen LogP contribution in [0.1, 0.15) is 31.4 Å². The maximum Gasteiger partial charge on any atom is 0.243 e. The SMILES string of the molecule is COc1c(Br)cc(C[C@H](C(=O)NCCc2cc(Br)c(O)c(Br)c2)N(C(C)=O)c2ccc(OCCCNC(C)=O)cc2)cc1Br. The van der Waals surface area contributed by atoms with Gasteiger partial charge in [-0.15, -0.1) is 0 Å². The van der Waals surface area contributed by atoms with Crippen molar-refractivity contribution in [2.75, 3.05) is 31.7 Å². The number of ether oxygens (including phenoxy) is 2. The zero-order valence-corrected chi connectivity index (χ0v) is 30.7. The van der Waals surface area contributed by atoms with Crippen LogP contribution >= 0.6 is 63.7 Å². The van der Waals surface area contributed by atoms with Gasteiger partial charge in [0.15, 0.2) is 0 Å². The number of carbonyl (C=O) groups excluding carboxylic acids is 3. The van der Waals surface area contributed by atoms with Gasteiger partial charge in [-0.1, -0.05) is 0 Å². The van der Waals surface area contributed by atoms with Crippen molar-refractivity contribution in [3.05, 3.63) is 77.5 Å². The highest BCUT2D eigenvalue weighted by Crippen LogP contribution is 2.36. The molecule has 0 spiro atoms. The van der Waals surface area contributed by atoms with Crippen LogP contribution in [0.2, 0.25) is 0 Å². The van der Waals surface area contributed by atoms with Gasteiger partial charge in [0.05, 0.1) is 31.6 Å². The molecule has 3 amide bonds. The van der Waals surface area contributed by atoms with Gasteiger partial charge in [0.1, 0.15) is 23.3 Å². The van der Waals surface area contributed by atoms with E-state index in [-0.39, 0.29) is 29.9 Å². The maximum absolute atomic E-state index is 13.8. The van der Waals surface area contributed by atoms with E-state index in [1.54, 1.807) is 43.5 Å². The van der Waals surface area contributed by atoms with E-state index < -0.39 is 6.04 Å². The van der Waals surface area contributed by atoms with Crippen LogP contribution in [-0.4, -0.2) is 55.7 Å². The molecule has 0 fully saturated rings. The topological polar surface area (TPSA) is 117 Å². The molecule has 3 N–H and O–H groups in total. The smallest absolute Gasteiger partial charge is 0.243 e. The van der Waals surface area contributed by atoms with Gasteiger partial charge >= 0.3 is 0 Å². The van der Waals surface area contributed by atoms with Crippen LogP contribution in [0.3, 0.4) is 0 Å². The predicted molar refractivity (Wildman–Crippen MR) is 185 cm³/mol. The summed E-state index contributed by atoms with van der Waals surface area (Å²) in [6.45, 7) is 4.13. The lowest BCUT2D eigenvalue weighted by Gasteiger charge is -2.31. The number of carbonyl (C=O) groups is 3. The Balaban J connectivity index is 1.84. The van der Waals surface area contributed by atoms with Gasteiger partial charge in [-0.25, -0.2) is 0 Å². The molecule has 1 atom stereocenters. The van der Waals surface area contributed by atoms with Crippen LogP contribution in [0, 0.1) is 0 Å². The number of phenols is 1. The number of methoxy groups -OCH3 is 1. The molecule has 0 radical (unpaired) electrons. The summed E-state index contributed by atoms with van der Waals surface area (Å²) >= 11 is 13.7. The van der Waals surface area contributed by atoms with Gasteiger partial charge < -0.3 is 25.2 Å². The number of benzene rings is 3. The highest BCUT2D eigenvalue weighted by atomic mass is 79.9. The van der Waals surface area contributed by atoms with Crippen molar-refractivity contribution in [3.63, 3.8) is 0 Å². The average Bonchev–Trinajstić information content (AvgIpc) is 2.95. The molecule has 0 heterocycles. The van der Waals surface area contributed by atoms with E-state index in [1.807, 2.05) is 12.1 Å². The first-order valence-corrected chi connectivity index (χ1v) is 16.8. The minimum absolute atomic E-state index is 0.0897. The number of rotatable bonds is 14. The number of anilines is 1. The molecule has 3 aromatic carbocycles. The van der Waals surface area contributed by atoms with Gasteiger partial charge in [0.25, 0.3) is 0 Å². The lowest BCUT2D eigenvalue weighted by Crippen LogP contribution is -2.51. The molecule has 0 bridgehead atoms. The number of aromatic hydroxyl groups is 1. The maximum atomic E-state index is 13.8. The molecule has 236 valence electrons. The van der Waals surface area contributed by atoms with Crippen LogP contribution < -0.4 is 25.0 Å². The summed E-state index contributed by atoms with van der Waals surface area (Å²) in [6, 6.07) is 13.4. The second-order valence-corrected chi connectivity index (χ2v) is 13.2. The van der Waals surface area contributed by atoms with E-state index in [2.05, 4.69) is 74.4 Å². The van der Waals surface area contributed by atoms with E-state index in [0.717, 1.165) is 11.1 Å². The van der Waals surface area contributed by atoms with E-state index in [4.69, 9.17) is 9.47 Å². The van der Waals surface area contributed by atoms with Crippen molar-refractivity contribution in [3.8, 4) is 17.2 Å². The summed E-state index contributed by atoms with van der Waals surface area (Å²) < 4.78 is 13.7. The second-order valence-electron chi connectivity index (χ2n) is 9.83. The number of hydrogen-bond donors (Lipinski definition) is 3. The van der Waals surface area contributed by atoms with Crippen LogP contribution in [-0.2, 0) is 27.2 Å². The van der Waals surface area contributed by atoms with Crippen molar-refractivity contribution in [1.82, 2.24) is 10.6 Å².